The van der Waals surface area contributed by atoms with Gasteiger partial charge in [-0.1, -0.05) is 19.3 Å². The molecule has 0 atom stereocenters. The zero-order valence-corrected chi connectivity index (χ0v) is 17.3. The molecular weight excluding hydrogens is 356 g/mol. The lowest BCUT2D eigenvalue weighted by molar-refractivity contribution is 0.436. The number of benzene rings is 1. The molecule has 1 aliphatic carbocycles. The Hall–Kier alpha value is -2.39. The van der Waals surface area contributed by atoms with Crippen LogP contribution in [0, 0.1) is 25.2 Å². The van der Waals surface area contributed by atoms with Crippen LogP contribution in [-0.2, 0) is 0 Å². The van der Waals surface area contributed by atoms with Crippen molar-refractivity contribution in [3.05, 3.63) is 34.5 Å². The van der Waals surface area contributed by atoms with Crippen LogP contribution < -0.4 is 4.74 Å². The highest BCUT2D eigenvalue weighted by molar-refractivity contribution is 7.08. The highest BCUT2D eigenvalue weighted by Gasteiger charge is 2.25. The monoisotopic (exact) mass is 382 g/mol. The Kier molecular flexibility index (Phi) is 6.12. The van der Waals surface area contributed by atoms with Gasteiger partial charge in [0.15, 0.2) is 0 Å². The normalized spacial score (nSPS) is 15.1. The molecule has 3 rings (SSSR count). The van der Waals surface area contributed by atoms with Gasteiger partial charge in [-0.15, -0.1) is 0 Å². The summed E-state index contributed by atoms with van der Waals surface area (Å²) in [6, 6.07) is 6.33. The molecule has 6 heteroatoms. The van der Waals surface area contributed by atoms with E-state index in [0.29, 0.717) is 16.5 Å². The molecule has 0 aliphatic heterocycles. The standard InChI is InChI=1S/C21H26N4OS/c1-14-11-19(15(2)10-18(14)23-13-25(3)4)26-21-17(12-22)20(24-27-21)16-8-6-5-7-9-16/h10-11,13,16H,5-9H2,1-4H3/b23-13-. The predicted molar refractivity (Wildman–Crippen MR) is 110 cm³/mol. The van der Waals surface area contributed by atoms with Crippen LogP contribution in [0.5, 0.6) is 10.8 Å². The van der Waals surface area contributed by atoms with Crippen molar-refractivity contribution in [2.24, 2.45) is 4.99 Å². The molecule has 1 aliphatic rings. The summed E-state index contributed by atoms with van der Waals surface area (Å²) < 4.78 is 10.7. The SMILES string of the molecule is Cc1cc(Oc2snc(C3CCCCC3)c2C#N)c(C)cc1/N=C\N(C)C. The van der Waals surface area contributed by atoms with E-state index in [4.69, 9.17) is 4.74 Å². The summed E-state index contributed by atoms with van der Waals surface area (Å²) in [5.74, 6) is 1.15. The van der Waals surface area contributed by atoms with E-state index < -0.39 is 0 Å². The molecule has 1 heterocycles. The van der Waals surface area contributed by atoms with E-state index in [1.165, 1.54) is 30.8 Å². The van der Waals surface area contributed by atoms with Gasteiger partial charge in [0.25, 0.3) is 0 Å². The van der Waals surface area contributed by atoms with Gasteiger partial charge in [0.1, 0.15) is 17.4 Å². The summed E-state index contributed by atoms with van der Waals surface area (Å²) in [5.41, 5.74) is 4.48. The average Bonchev–Trinajstić information content (AvgIpc) is 3.06. The molecule has 1 saturated carbocycles. The molecule has 1 fully saturated rings. The summed E-state index contributed by atoms with van der Waals surface area (Å²) in [5, 5.41) is 10.3. The van der Waals surface area contributed by atoms with Crippen molar-refractivity contribution in [1.82, 2.24) is 9.27 Å². The Morgan fingerprint density at radius 1 is 1.22 bits per heavy atom. The molecule has 0 radical (unpaired) electrons. The molecular formula is C21H26N4OS. The van der Waals surface area contributed by atoms with Gasteiger partial charge in [-0.25, -0.2) is 4.99 Å². The molecule has 0 bridgehead atoms. The van der Waals surface area contributed by atoms with Crippen LogP contribution in [-0.4, -0.2) is 29.7 Å². The summed E-state index contributed by atoms with van der Waals surface area (Å²) in [4.78, 5) is 6.40. The fourth-order valence-corrected chi connectivity index (χ4v) is 4.20. The number of ether oxygens (including phenoxy) is 1. The number of aromatic nitrogens is 1. The van der Waals surface area contributed by atoms with E-state index in [-0.39, 0.29) is 0 Å². The second-order valence-corrected chi connectivity index (χ2v) is 8.13. The van der Waals surface area contributed by atoms with Crippen LogP contribution in [0.2, 0.25) is 0 Å². The Morgan fingerprint density at radius 3 is 2.63 bits per heavy atom. The van der Waals surface area contributed by atoms with Crippen molar-refractivity contribution in [3.8, 4) is 16.9 Å². The van der Waals surface area contributed by atoms with Gasteiger partial charge in [0, 0.05) is 31.5 Å². The molecule has 1 aromatic heterocycles. The summed E-state index contributed by atoms with van der Waals surface area (Å²) in [6.07, 6.45) is 7.75. The summed E-state index contributed by atoms with van der Waals surface area (Å²) >= 11 is 1.29. The first-order chi connectivity index (χ1) is 13.0. The number of aliphatic imine (C=N–C) groups is 1. The Balaban J connectivity index is 1.86. The number of hydrogen-bond acceptors (Lipinski definition) is 5. The molecule has 0 saturated heterocycles. The van der Waals surface area contributed by atoms with Crippen LogP contribution in [0.15, 0.2) is 17.1 Å². The molecule has 2 aromatic rings. The van der Waals surface area contributed by atoms with Gasteiger partial charge in [-0.3, -0.25) is 0 Å². The molecule has 0 N–H and O–H groups in total. The lowest BCUT2D eigenvalue weighted by Gasteiger charge is -2.19. The Morgan fingerprint density at radius 2 is 1.96 bits per heavy atom. The van der Waals surface area contributed by atoms with E-state index >= 15 is 0 Å². The topological polar surface area (TPSA) is 61.5 Å². The van der Waals surface area contributed by atoms with Crippen molar-refractivity contribution >= 4 is 23.6 Å². The first-order valence-electron chi connectivity index (χ1n) is 9.39. The minimum absolute atomic E-state index is 0.396. The van der Waals surface area contributed by atoms with Crippen molar-refractivity contribution in [3.63, 3.8) is 0 Å². The van der Waals surface area contributed by atoms with Gasteiger partial charge in [0.2, 0.25) is 5.06 Å². The van der Waals surface area contributed by atoms with Crippen LogP contribution in [0.1, 0.15) is 60.4 Å². The van der Waals surface area contributed by atoms with Crippen LogP contribution in [0.4, 0.5) is 5.69 Å². The summed E-state index contributed by atoms with van der Waals surface area (Å²) in [6.45, 7) is 4.01. The second-order valence-electron chi connectivity index (χ2n) is 7.39. The minimum Gasteiger partial charge on any atom is -0.443 e. The maximum Gasteiger partial charge on any atom is 0.218 e. The maximum absolute atomic E-state index is 9.70. The smallest absolute Gasteiger partial charge is 0.218 e. The molecule has 5 nitrogen and oxygen atoms in total. The Bertz CT molecular complexity index is 873. The molecule has 0 unspecified atom stereocenters. The molecule has 0 spiro atoms. The molecule has 1 aromatic carbocycles. The molecule has 142 valence electrons. The highest BCUT2D eigenvalue weighted by atomic mass is 32.1. The van der Waals surface area contributed by atoms with Crippen molar-refractivity contribution in [2.45, 2.75) is 51.9 Å². The van der Waals surface area contributed by atoms with Gasteiger partial charge < -0.3 is 9.64 Å². The van der Waals surface area contributed by atoms with Gasteiger partial charge in [-0.05, 0) is 49.9 Å². The third-order valence-electron chi connectivity index (χ3n) is 4.91. The predicted octanol–water partition coefficient (Wildman–Crippen LogP) is 5.69. The largest absolute Gasteiger partial charge is 0.443 e. The van der Waals surface area contributed by atoms with Crippen molar-refractivity contribution in [1.29, 1.82) is 5.26 Å². The number of nitrogens with zero attached hydrogens (tertiary/aromatic N) is 4. The number of aryl methyl sites for hydroxylation is 2. The zero-order valence-electron chi connectivity index (χ0n) is 16.5. The fraction of sp³-hybridized carbons (Fsp3) is 0.476. The lowest BCUT2D eigenvalue weighted by Crippen LogP contribution is -2.07. The lowest BCUT2D eigenvalue weighted by atomic mass is 9.86. The minimum atomic E-state index is 0.396. The van der Waals surface area contributed by atoms with E-state index in [9.17, 15) is 5.26 Å². The Labute approximate surface area is 165 Å². The van der Waals surface area contributed by atoms with E-state index in [0.717, 1.165) is 41.1 Å². The third kappa shape index (κ3) is 4.48. The number of nitriles is 1. The highest BCUT2D eigenvalue weighted by Crippen LogP contribution is 2.41. The van der Waals surface area contributed by atoms with Gasteiger partial charge in [-0.2, -0.15) is 9.64 Å². The van der Waals surface area contributed by atoms with Crippen LogP contribution in [0.25, 0.3) is 0 Å². The average molecular weight is 383 g/mol. The first kappa shape index (κ1) is 19.4. The molecule has 27 heavy (non-hydrogen) atoms. The zero-order chi connectivity index (χ0) is 19.4. The number of hydrogen-bond donors (Lipinski definition) is 0. The van der Waals surface area contributed by atoms with Crippen molar-refractivity contribution < 1.29 is 4.74 Å². The van der Waals surface area contributed by atoms with Crippen molar-refractivity contribution in [2.75, 3.05) is 14.1 Å². The quantitative estimate of drug-likeness (QED) is 0.492. The van der Waals surface area contributed by atoms with Gasteiger partial charge in [0.05, 0.1) is 17.7 Å². The third-order valence-corrected chi connectivity index (χ3v) is 5.66. The van der Waals surface area contributed by atoms with Crippen LogP contribution >= 0.6 is 11.5 Å². The van der Waals surface area contributed by atoms with E-state index in [2.05, 4.69) is 15.4 Å². The fourth-order valence-electron chi connectivity index (χ4n) is 3.41. The van der Waals surface area contributed by atoms with Crippen LogP contribution in [0.3, 0.4) is 0 Å². The summed E-state index contributed by atoms with van der Waals surface area (Å²) in [7, 11) is 3.89. The number of rotatable bonds is 5. The van der Waals surface area contributed by atoms with E-state index in [1.807, 2.05) is 45.0 Å². The maximum atomic E-state index is 9.70. The molecule has 0 amide bonds. The van der Waals surface area contributed by atoms with E-state index in [1.54, 1.807) is 6.34 Å². The van der Waals surface area contributed by atoms with Gasteiger partial charge >= 0.3 is 0 Å². The second kappa shape index (κ2) is 8.53. The first-order valence-corrected chi connectivity index (χ1v) is 10.2.